The number of carbonyl (C=O) groups excluding carboxylic acids is 1. The highest BCUT2D eigenvalue weighted by atomic mass is 79.9. The molecule has 2 aromatic rings. The number of rotatable bonds is 6. The van der Waals surface area contributed by atoms with E-state index in [1.807, 2.05) is 13.8 Å². The molecule has 134 valence electrons. The Kier molecular flexibility index (Phi) is 6.56. The normalized spacial score (nSPS) is 10.3. The van der Waals surface area contributed by atoms with Gasteiger partial charge < -0.3 is 19.5 Å². The van der Waals surface area contributed by atoms with Gasteiger partial charge in [0, 0.05) is 11.1 Å². The van der Waals surface area contributed by atoms with Crippen molar-refractivity contribution < 1.29 is 19.0 Å². The highest BCUT2D eigenvalue weighted by Crippen LogP contribution is 2.35. The van der Waals surface area contributed by atoms with Gasteiger partial charge in [-0.15, -0.1) is 0 Å². The second-order valence-electron chi connectivity index (χ2n) is 5.35. The molecule has 2 rings (SSSR count). The average molecular weight is 429 g/mol. The Hall–Kier alpha value is -1.92. The van der Waals surface area contributed by atoms with Crippen LogP contribution in [-0.2, 0) is 4.79 Å². The van der Waals surface area contributed by atoms with Crippen molar-refractivity contribution in [3.8, 4) is 17.2 Å². The van der Waals surface area contributed by atoms with Gasteiger partial charge in [0.1, 0.15) is 17.2 Å². The molecule has 0 unspecified atom stereocenters. The number of methoxy groups -OCH3 is 2. The number of halogens is 2. The van der Waals surface area contributed by atoms with Gasteiger partial charge >= 0.3 is 0 Å². The van der Waals surface area contributed by atoms with Crippen LogP contribution in [0.15, 0.2) is 28.7 Å². The quantitative estimate of drug-likeness (QED) is 0.721. The van der Waals surface area contributed by atoms with E-state index >= 15 is 0 Å². The first-order valence-corrected chi connectivity index (χ1v) is 8.64. The van der Waals surface area contributed by atoms with E-state index < -0.39 is 0 Å². The van der Waals surface area contributed by atoms with Gasteiger partial charge in [-0.3, -0.25) is 4.79 Å². The fourth-order valence-electron chi connectivity index (χ4n) is 2.24. The van der Waals surface area contributed by atoms with E-state index in [0.29, 0.717) is 28.0 Å². The molecule has 0 aromatic heterocycles. The summed E-state index contributed by atoms with van der Waals surface area (Å²) in [5.41, 5.74) is 2.29. The number of carbonyl (C=O) groups is 1. The second-order valence-corrected chi connectivity index (χ2v) is 6.52. The van der Waals surface area contributed by atoms with E-state index in [-0.39, 0.29) is 12.5 Å². The molecular weight excluding hydrogens is 410 g/mol. The van der Waals surface area contributed by atoms with Gasteiger partial charge in [-0.25, -0.2) is 0 Å². The van der Waals surface area contributed by atoms with Gasteiger partial charge in [0.2, 0.25) is 0 Å². The van der Waals surface area contributed by atoms with Crippen molar-refractivity contribution >= 4 is 39.1 Å². The van der Waals surface area contributed by atoms with Gasteiger partial charge in [-0.2, -0.15) is 0 Å². The molecule has 1 amide bonds. The van der Waals surface area contributed by atoms with Crippen molar-refractivity contribution in [3.05, 3.63) is 44.9 Å². The van der Waals surface area contributed by atoms with Crippen LogP contribution in [0, 0.1) is 13.8 Å². The van der Waals surface area contributed by atoms with E-state index in [4.69, 9.17) is 25.8 Å². The summed E-state index contributed by atoms with van der Waals surface area (Å²) in [5.74, 6) is 1.41. The van der Waals surface area contributed by atoms with Gasteiger partial charge in [-0.05, 0) is 59.1 Å². The number of hydrogen-bond acceptors (Lipinski definition) is 4. The molecule has 0 heterocycles. The Morgan fingerprint density at radius 1 is 1.16 bits per heavy atom. The molecule has 2 aromatic carbocycles. The van der Waals surface area contributed by atoms with Crippen LogP contribution in [0.4, 0.5) is 5.69 Å². The van der Waals surface area contributed by atoms with Gasteiger partial charge in [-0.1, -0.05) is 11.6 Å². The number of ether oxygens (including phenoxy) is 3. The Labute approximate surface area is 160 Å². The topological polar surface area (TPSA) is 56.8 Å². The Bertz CT molecular complexity index is 795. The number of hydrogen-bond donors (Lipinski definition) is 1. The summed E-state index contributed by atoms with van der Waals surface area (Å²) in [6, 6.07) is 6.93. The first kappa shape index (κ1) is 19.4. The molecule has 0 bridgehead atoms. The zero-order chi connectivity index (χ0) is 18.6. The maximum absolute atomic E-state index is 12.2. The monoisotopic (exact) mass is 427 g/mol. The summed E-state index contributed by atoms with van der Waals surface area (Å²) in [5, 5.41) is 3.43. The summed E-state index contributed by atoms with van der Waals surface area (Å²) >= 11 is 9.64. The van der Waals surface area contributed by atoms with Crippen LogP contribution >= 0.6 is 27.5 Å². The summed E-state index contributed by atoms with van der Waals surface area (Å²) in [6.07, 6.45) is 0. The third-order valence-corrected chi connectivity index (χ3v) is 5.18. The maximum Gasteiger partial charge on any atom is 0.262 e. The van der Waals surface area contributed by atoms with E-state index in [1.165, 1.54) is 7.11 Å². The SMILES string of the molecule is COc1ccc(NC(=O)COc2cc(C)c(Cl)c(C)c2Br)c(OC)c1. The minimum Gasteiger partial charge on any atom is -0.497 e. The molecule has 1 N–H and O–H groups in total. The van der Waals surface area contributed by atoms with Crippen molar-refractivity contribution in [1.29, 1.82) is 0 Å². The second kappa shape index (κ2) is 8.45. The molecule has 7 heteroatoms. The van der Waals surface area contributed by atoms with Crippen LogP contribution in [0.5, 0.6) is 17.2 Å². The van der Waals surface area contributed by atoms with Gasteiger partial charge in [0.25, 0.3) is 5.91 Å². The lowest BCUT2D eigenvalue weighted by Gasteiger charge is -2.14. The zero-order valence-electron chi connectivity index (χ0n) is 14.4. The van der Waals surface area contributed by atoms with E-state index in [2.05, 4.69) is 21.2 Å². The van der Waals surface area contributed by atoms with E-state index in [0.717, 1.165) is 15.6 Å². The molecule has 0 saturated carbocycles. The van der Waals surface area contributed by atoms with Crippen LogP contribution in [0.2, 0.25) is 5.02 Å². The molecule has 0 aliphatic carbocycles. The third kappa shape index (κ3) is 4.58. The number of benzene rings is 2. The number of anilines is 1. The number of nitrogens with one attached hydrogen (secondary N) is 1. The predicted molar refractivity (Wildman–Crippen MR) is 102 cm³/mol. The first-order valence-electron chi connectivity index (χ1n) is 7.47. The molecule has 25 heavy (non-hydrogen) atoms. The minimum absolute atomic E-state index is 0.145. The largest absolute Gasteiger partial charge is 0.497 e. The molecule has 0 saturated heterocycles. The minimum atomic E-state index is -0.305. The Morgan fingerprint density at radius 2 is 1.88 bits per heavy atom. The summed E-state index contributed by atoms with van der Waals surface area (Å²) in [7, 11) is 3.09. The smallest absolute Gasteiger partial charge is 0.262 e. The summed E-state index contributed by atoms with van der Waals surface area (Å²) < 4.78 is 16.7. The molecule has 0 fully saturated rings. The summed E-state index contributed by atoms with van der Waals surface area (Å²) in [4.78, 5) is 12.2. The molecule has 0 spiro atoms. The van der Waals surface area contributed by atoms with Crippen molar-refractivity contribution in [1.82, 2.24) is 0 Å². The van der Waals surface area contributed by atoms with Crippen LogP contribution in [0.1, 0.15) is 11.1 Å². The van der Waals surface area contributed by atoms with Crippen molar-refractivity contribution in [2.45, 2.75) is 13.8 Å². The highest BCUT2D eigenvalue weighted by Gasteiger charge is 2.14. The standard InChI is InChI=1S/C18H19BrClNO4/c1-10-7-15(17(19)11(2)18(10)20)25-9-16(22)21-13-6-5-12(23-3)8-14(13)24-4/h5-8H,9H2,1-4H3,(H,21,22). The highest BCUT2D eigenvalue weighted by molar-refractivity contribution is 9.10. The fourth-order valence-corrected chi connectivity index (χ4v) is 2.93. The zero-order valence-corrected chi connectivity index (χ0v) is 16.7. The average Bonchev–Trinajstić information content (AvgIpc) is 2.62. The number of amides is 1. The Balaban J connectivity index is 2.07. The van der Waals surface area contributed by atoms with E-state index in [9.17, 15) is 4.79 Å². The molecule has 0 atom stereocenters. The molecule has 0 aliphatic rings. The third-order valence-electron chi connectivity index (χ3n) is 3.61. The lowest BCUT2D eigenvalue weighted by Crippen LogP contribution is -2.20. The lowest BCUT2D eigenvalue weighted by atomic mass is 10.1. The fraction of sp³-hybridized carbons (Fsp3) is 0.278. The number of aryl methyl sites for hydroxylation is 1. The van der Waals surface area contributed by atoms with Crippen molar-refractivity contribution in [2.24, 2.45) is 0 Å². The van der Waals surface area contributed by atoms with Crippen LogP contribution in [0.3, 0.4) is 0 Å². The molecule has 5 nitrogen and oxygen atoms in total. The Morgan fingerprint density at radius 3 is 2.52 bits per heavy atom. The van der Waals surface area contributed by atoms with Gasteiger partial charge in [0.15, 0.2) is 6.61 Å². The molecular formula is C18H19BrClNO4. The first-order chi connectivity index (χ1) is 11.9. The van der Waals surface area contributed by atoms with Crippen molar-refractivity contribution in [3.63, 3.8) is 0 Å². The molecule has 0 aliphatic heterocycles. The van der Waals surface area contributed by atoms with Crippen LogP contribution in [-0.4, -0.2) is 26.7 Å². The van der Waals surface area contributed by atoms with Gasteiger partial charge in [0.05, 0.1) is 24.4 Å². The molecule has 0 radical (unpaired) electrons. The van der Waals surface area contributed by atoms with Crippen LogP contribution in [0.25, 0.3) is 0 Å². The predicted octanol–water partition coefficient (Wildman–Crippen LogP) is 4.75. The lowest BCUT2D eigenvalue weighted by molar-refractivity contribution is -0.118. The van der Waals surface area contributed by atoms with Crippen molar-refractivity contribution in [2.75, 3.05) is 26.1 Å². The van der Waals surface area contributed by atoms with E-state index in [1.54, 1.807) is 31.4 Å². The summed E-state index contributed by atoms with van der Waals surface area (Å²) in [6.45, 7) is 3.62. The maximum atomic E-state index is 12.2. The van der Waals surface area contributed by atoms with Crippen LogP contribution < -0.4 is 19.5 Å².